The minimum atomic E-state index is -4.00. The molecule has 2 aromatic rings. The fourth-order valence-corrected chi connectivity index (χ4v) is 5.81. The molecule has 0 saturated carbocycles. The van der Waals surface area contributed by atoms with E-state index in [2.05, 4.69) is 10.0 Å². The smallest absolute Gasteiger partial charge is 0.244 e. The van der Waals surface area contributed by atoms with Crippen molar-refractivity contribution in [1.82, 2.24) is 14.9 Å². The molecule has 4 rings (SSSR count). The van der Waals surface area contributed by atoms with Crippen molar-refractivity contribution >= 4 is 10.0 Å². The number of benzene rings is 2. The van der Waals surface area contributed by atoms with E-state index in [1.807, 2.05) is 11.9 Å². The van der Waals surface area contributed by atoms with E-state index in [0.717, 1.165) is 38.1 Å². The van der Waals surface area contributed by atoms with Crippen LogP contribution >= 0.6 is 0 Å². The summed E-state index contributed by atoms with van der Waals surface area (Å²) in [6.45, 7) is 2.76. The van der Waals surface area contributed by atoms with Crippen LogP contribution in [0.3, 0.4) is 0 Å². The van der Waals surface area contributed by atoms with Crippen molar-refractivity contribution in [2.24, 2.45) is 5.41 Å². The first-order valence-electron chi connectivity index (χ1n) is 11.0. The van der Waals surface area contributed by atoms with Gasteiger partial charge in [0, 0.05) is 36.7 Å². The van der Waals surface area contributed by atoms with E-state index < -0.39 is 27.8 Å². The van der Waals surface area contributed by atoms with Crippen LogP contribution in [0.1, 0.15) is 12.8 Å². The van der Waals surface area contributed by atoms with Crippen molar-refractivity contribution in [3.63, 3.8) is 0 Å². The highest BCUT2D eigenvalue weighted by Crippen LogP contribution is 2.36. The fourth-order valence-electron chi connectivity index (χ4n) is 4.62. The summed E-state index contributed by atoms with van der Waals surface area (Å²) in [5.41, 5.74) is 0.292. The standard InChI is InChI=1S/C23H29F2N3O4S/c1-28-13-18(29)12-27-33(30,31)22-5-2-16(19-4-3-17(24)11-20(19)25)10-21(22)32-15-23(14-28)6-8-26-9-7-23/h2-5,10-11,18,26-27,29H,6-9,12-15H2,1H3. The van der Waals surface area contributed by atoms with Crippen molar-refractivity contribution in [1.29, 1.82) is 0 Å². The number of sulfonamides is 1. The average Bonchev–Trinajstić information content (AvgIpc) is 2.76. The Morgan fingerprint density at radius 2 is 1.91 bits per heavy atom. The van der Waals surface area contributed by atoms with Crippen molar-refractivity contribution in [2.45, 2.75) is 23.8 Å². The Morgan fingerprint density at radius 3 is 2.64 bits per heavy atom. The summed E-state index contributed by atoms with van der Waals surface area (Å²) in [4.78, 5) is 1.92. The Labute approximate surface area is 192 Å². The van der Waals surface area contributed by atoms with Gasteiger partial charge in [-0.15, -0.1) is 0 Å². The Hall–Kier alpha value is -2.11. The maximum Gasteiger partial charge on any atom is 0.244 e. The number of fused-ring (bicyclic) bond motifs is 1. The van der Waals surface area contributed by atoms with Crippen LogP contribution in [0, 0.1) is 17.0 Å². The molecule has 0 aromatic heterocycles. The van der Waals surface area contributed by atoms with E-state index in [9.17, 15) is 22.3 Å². The Kier molecular flexibility index (Phi) is 7.01. The number of hydrogen-bond donors (Lipinski definition) is 3. The maximum atomic E-state index is 14.4. The van der Waals surface area contributed by atoms with Crippen molar-refractivity contribution in [3.8, 4) is 16.9 Å². The van der Waals surface area contributed by atoms with Crippen LogP contribution in [0.15, 0.2) is 41.3 Å². The normalized spacial score (nSPS) is 23.7. The zero-order valence-corrected chi connectivity index (χ0v) is 19.3. The van der Waals surface area contributed by atoms with Gasteiger partial charge >= 0.3 is 0 Å². The summed E-state index contributed by atoms with van der Waals surface area (Å²) in [6, 6.07) is 7.55. The summed E-state index contributed by atoms with van der Waals surface area (Å²) in [5.74, 6) is -1.34. The summed E-state index contributed by atoms with van der Waals surface area (Å²) >= 11 is 0. The molecule has 1 atom stereocenters. The van der Waals surface area contributed by atoms with Crippen molar-refractivity contribution in [2.75, 3.05) is 46.4 Å². The second kappa shape index (κ2) is 9.63. The quantitative estimate of drug-likeness (QED) is 0.577. The molecule has 2 aliphatic rings. The van der Waals surface area contributed by atoms with Gasteiger partial charge in [-0.1, -0.05) is 6.07 Å². The largest absolute Gasteiger partial charge is 0.492 e. The van der Waals surface area contributed by atoms with E-state index in [1.165, 1.54) is 24.3 Å². The maximum absolute atomic E-state index is 14.4. The summed E-state index contributed by atoms with van der Waals surface area (Å²) in [5, 5.41) is 13.7. The second-order valence-electron chi connectivity index (χ2n) is 9.03. The van der Waals surface area contributed by atoms with Gasteiger partial charge in [-0.3, -0.25) is 0 Å². The van der Waals surface area contributed by atoms with E-state index in [0.29, 0.717) is 18.7 Å². The number of β-amino-alcohol motifs (C(OH)–C–C–N with tert-alkyl or cyclic N) is 1. The second-order valence-corrected chi connectivity index (χ2v) is 10.8. The predicted octanol–water partition coefficient (Wildman–Crippen LogP) is 1.96. The Bertz CT molecular complexity index is 1110. The number of aliphatic hydroxyl groups excluding tert-OH is 1. The predicted molar refractivity (Wildman–Crippen MR) is 121 cm³/mol. The molecule has 2 aromatic carbocycles. The molecule has 33 heavy (non-hydrogen) atoms. The fraction of sp³-hybridized carbons (Fsp3) is 0.478. The molecule has 1 fully saturated rings. The summed E-state index contributed by atoms with van der Waals surface area (Å²) < 4.78 is 62.4. The molecule has 0 aliphatic carbocycles. The molecular formula is C23H29F2N3O4S. The molecule has 0 amide bonds. The highest BCUT2D eigenvalue weighted by molar-refractivity contribution is 7.89. The number of nitrogens with zero attached hydrogens (tertiary/aromatic N) is 1. The first-order chi connectivity index (χ1) is 15.7. The molecule has 1 spiro atoms. The number of likely N-dealkylation sites (N-methyl/N-ethyl adjacent to an activating group) is 1. The number of ether oxygens (including phenoxy) is 1. The lowest BCUT2D eigenvalue weighted by Gasteiger charge is -2.41. The van der Waals surface area contributed by atoms with Crippen LogP contribution in [0.4, 0.5) is 8.78 Å². The number of halogens is 2. The molecule has 2 heterocycles. The van der Waals surface area contributed by atoms with Crippen LogP contribution in [0.5, 0.6) is 5.75 Å². The van der Waals surface area contributed by atoms with Crippen molar-refractivity contribution < 1.29 is 27.0 Å². The van der Waals surface area contributed by atoms with Gasteiger partial charge in [0.25, 0.3) is 0 Å². The molecule has 7 nitrogen and oxygen atoms in total. The van der Waals surface area contributed by atoms with Gasteiger partial charge in [-0.25, -0.2) is 21.9 Å². The van der Waals surface area contributed by atoms with Crippen LogP contribution in [-0.4, -0.2) is 70.9 Å². The van der Waals surface area contributed by atoms with E-state index in [4.69, 9.17) is 4.74 Å². The topological polar surface area (TPSA) is 90.9 Å². The number of hydrogen-bond acceptors (Lipinski definition) is 6. The van der Waals surface area contributed by atoms with Gasteiger partial charge < -0.3 is 20.1 Å². The third-order valence-corrected chi connectivity index (χ3v) is 7.77. The van der Waals surface area contributed by atoms with Crippen LogP contribution < -0.4 is 14.8 Å². The summed E-state index contributed by atoms with van der Waals surface area (Å²) in [6.07, 6.45) is 0.792. The number of nitrogens with one attached hydrogen (secondary N) is 2. The number of aliphatic hydroxyl groups is 1. The lowest BCUT2D eigenvalue weighted by molar-refractivity contribution is 0.0447. The average molecular weight is 482 g/mol. The van der Waals surface area contributed by atoms with Gasteiger partial charge in [-0.2, -0.15) is 0 Å². The Morgan fingerprint density at radius 1 is 1.15 bits per heavy atom. The van der Waals surface area contributed by atoms with Crippen molar-refractivity contribution in [3.05, 3.63) is 48.0 Å². The van der Waals surface area contributed by atoms with Crippen LogP contribution in [0.2, 0.25) is 0 Å². The zero-order valence-electron chi connectivity index (χ0n) is 18.5. The zero-order chi connectivity index (χ0) is 23.6. The van der Waals surface area contributed by atoms with Gasteiger partial charge in [0.2, 0.25) is 10.0 Å². The minimum Gasteiger partial charge on any atom is -0.492 e. The lowest BCUT2D eigenvalue weighted by Crippen LogP contribution is -2.49. The molecule has 180 valence electrons. The molecule has 2 aliphatic heterocycles. The third kappa shape index (κ3) is 5.52. The minimum absolute atomic E-state index is 0.0843. The molecule has 0 radical (unpaired) electrons. The van der Waals surface area contributed by atoms with E-state index in [-0.39, 0.29) is 34.8 Å². The van der Waals surface area contributed by atoms with E-state index in [1.54, 1.807) is 0 Å². The molecule has 0 bridgehead atoms. The van der Waals surface area contributed by atoms with Crippen LogP contribution in [0.25, 0.3) is 11.1 Å². The Balaban J connectivity index is 1.76. The van der Waals surface area contributed by atoms with Crippen LogP contribution in [-0.2, 0) is 10.0 Å². The molecule has 1 saturated heterocycles. The molecular weight excluding hydrogens is 452 g/mol. The summed E-state index contributed by atoms with van der Waals surface area (Å²) in [7, 11) is -2.10. The first-order valence-corrected chi connectivity index (χ1v) is 12.5. The first kappa shape index (κ1) is 24.0. The highest BCUT2D eigenvalue weighted by Gasteiger charge is 2.36. The van der Waals surface area contributed by atoms with Gasteiger partial charge in [0.05, 0.1) is 12.7 Å². The third-order valence-electron chi connectivity index (χ3n) is 6.31. The molecule has 1 unspecified atom stereocenters. The molecule has 10 heteroatoms. The van der Waals surface area contributed by atoms with Gasteiger partial charge in [-0.05, 0) is 62.8 Å². The van der Waals surface area contributed by atoms with E-state index >= 15 is 0 Å². The van der Waals surface area contributed by atoms with Gasteiger partial charge in [0.15, 0.2) is 0 Å². The number of piperidine rings is 1. The van der Waals surface area contributed by atoms with Gasteiger partial charge in [0.1, 0.15) is 22.3 Å². The molecule has 3 N–H and O–H groups in total. The monoisotopic (exact) mass is 481 g/mol. The highest BCUT2D eigenvalue weighted by atomic mass is 32.2. The lowest BCUT2D eigenvalue weighted by atomic mass is 9.79. The number of rotatable bonds is 1. The SMILES string of the molecule is CN1CC(O)CNS(=O)(=O)c2ccc(-c3ccc(F)cc3F)cc2OCC2(CCNCC2)C1.